The standard InChI is InChI=1S/C21H23N7O3/c1-6-28-18-16(20(30)25-21(28)31)14(8-15(24-18)10(2)3)19(29)23-12-7-13-11(4)26-27(5)17(13)22-9-12/h7-10H,6H2,1-5H3,(H,23,29)(H,25,30,31). The van der Waals surface area contributed by atoms with Crippen molar-refractivity contribution in [2.24, 2.45) is 7.05 Å². The third-order valence-corrected chi connectivity index (χ3v) is 5.24. The molecule has 0 unspecified atom stereocenters. The van der Waals surface area contributed by atoms with Crippen LogP contribution in [0.15, 0.2) is 27.9 Å². The monoisotopic (exact) mass is 421 g/mol. The van der Waals surface area contributed by atoms with Crippen molar-refractivity contribution in [3.63, 3.8) is 0 Å². The van der Waals surface area contributed by atoms with Gasteiger partial charge < -0.3 is 5.32 Å². The molecule has 0 aromatic carbocycles. The van der Waals surface area contributed by atoms with E-state index in [1.807, 2.05) is 20.8 Å². The van der Waals surface area contributed by atoms with Crippen LogP contribution in [-0.2, 0) is 13.6 Å². The smallest absolute Gasteiger partial charge is 0.321 e. The molecule has 1 amide bonds. The van der Waals surface area contributed by atoms with E-state index >= 15 is 0 Å². The van der Waals surface area contributed by atoms with Crippen molar-refractivity contribution in [1.29, 1.82) is 0 Å². The van der Waals surface area contributed by atoms with Crippen LogP contribution in [0.2, 0.25) is 0 Å². The van der Waals surface area contributed by atoms with Gasteiger partial charge in [-0.15, -0.1) is 0 Å². The molecule has 0 aliphatic heterocycles. The van der Waals surface area contributed by atoms with E-state index in [2.05, 4.69) is 25.4 Å². The number of carbonyl (C=O) groups is 1. The van der Waals surface area contributed by atoms with Crippen molar-refractivity contribution in [1.82, 2.24) is 29.3 Å². The molecule has 4 heterocycles. The molecular weight excluding hydrogens is 398 g/mol. The summed E-state index contributed by atoms with van der Waals surface area (Å²) in [5.41, 5.74) is 1.74. The molecule has 0 saturated heterocycles. The first-order chi connectivity index (χ1) is 14.7. The van der Waals surface area contributed by atoms with Crippen LogP contribution in [0.5, 0.6) is 0 Å². The first-order valence-corrected chi connectivity index (χ1v) is 9.99. The van der Waals surface area contributed by atoms with E-state index in [0.29, 0.717) is 23.6 Å². The van der Waals surface area contributed by atoms with Crippen LogP contribution in [0.3, 0.4) is 0 Å². The number of hydrogen-bond acceptors (Lipinski definition) is 6. The molecule has 4 aromatic rings. The van der Waals surface area contributed by atoms with Crippen molar-refractivity contribution in [2.75, 3.05) is 5.32 Å². The highest BCUT2D eigenvalue weighted by Gasteiger charge is 2.20. The highest BCUT2D eigenvalue weighted by molar-refractivity contribution is 6.12. The maximum Gasteiger partial charge on any atom is 0.329 e. The number of aromatic nitrogens is 6. The quantitative estimate of drug-likeness (QED) is 0.519. The maximum absolute atomic E-state index is 13.2. The molecule has 2 N–H and O–H groups in total. The summed E-state index contributed by atoms with van der Waals surface area (Å²) in [6, 6.07) is 3.39. The van der Waals surface area contributed by atoms with Crippen LogP contribution < -0.4 is 16.6 Å². The highest BCUT2D eigenvalue weighted by Crippen LogP contribution is 2.23. The van der Waals surface area contributed by atoms with Gasteiger partial charge in [-0.1, -0.05) is 13.8 Å². The number of fused-ring (bicyclic) bond motifs is 2. The number of anilines is 1. The van der Waals surface area contributed by atoms with Crippen molar-refractivity contribution in [3.8, 4) is 0 Å². The van der Waals surface area contributed by atoms with E-state index < -0.39 is 17.2 Å². The fourth-order valence-electron chi connectivity index (χ4n) is 3.64. The molecule has 10 heteroatoms. The minimum absolute atomic E-state index is 0.00768. The summed E-state index contributed by atoms with van der Waals surface area (Å²) in [6.45, 7) is 7.81. The highest BCUT2D eigenvalue weighted by atomic mass is 16.2. The van der Waals surface area contributed by atoms with Gasteiger partial charge >= 0.3 is 5.69 Å². The zero-order valence-corrected chi connectivity index (χ0v) is 18.0. The Morgan fingerprint density at radius 1 is 1.23 bits per heavy atom. The van der Waals surface area contributed by atoms with Gasteiger partial charge in [0.05, 0.1) is 28.5 Å². The molecule has 0 spiro atoms. The topological polar surface area (TPSA) is 128 Å². The van der Waals surface area contributed by atoms with Gasteiger partial charge in [-0.05, 0) is 31.9 Å². The minimum Gasteiger partial charge on any atom is -0.321 e. The second-order valence-electron chi connectivity index (χ2n) is 7.71. The molecule has 160 valence electrons. The van der Waals surface area contributed by atoms with Crippen LogP contribution in [0.4, 0.5) is 5.69 Å². The first kappa shape index (κ1) is 20.5. The van der Waals surface area contributed by atoms with Gasteiger partial charge in [-0.2, -0.15) is 5.10 Å². The lowest BCUT2D eigenvalue weighted by molar-refractivity contribution is 0.102. The number of carbonyl (C=O) groups excluding carboxylic acids is 1. The third-order valence-electron chi connectivity index (χ3n) is 5.24. The van der Waals surface area contributed by atoms with Crippen LogP contribution in [0, 0.1) is 6.92 Å². The number of aryl methyl sites for hydroxylation is 3. The number of H-pyrrole nitrogens is 1. The molecule has 4 rings (SSSR count). The van der Waals surface area contributed by atoms with Gasteiger partial charge in [0.25, 0.3) is 11.5 Å². The molecule has 0 aliphatic carbocycles. The third kappa shape index (κ3) is 3.39. The summed E-state index contributed by atoms with van der Waals surface area (Å²) in [7, 11) is 1.80. The second kappa shape index (κ2) is 7.46. The summed E-state index contributed by atoms with van der Waals surface area (Å²) >= 11 is 0. The summed E-state index contributed by atoms with van der Waals surface area (Å²) in [6.07, 6.45) is 1.54. The van der Waals surface area contributed by atoms with Gasteiger partial charge in [-0.25, -0.2) is 14.8 Å². The average molecular weight is 421 g/mol. The number of amides is 1. The lowest BCUT2D eigenvalue weighted by Crippen LogP contribution is -2.32. The van der Waals surface area contributed by atoms with Crippen LogP contribution in [0.25, 0.3) is 22.1 Å². The molecule has 10 nitrogen and oxygen atoms in total. The average Bonchev–Trinajstić information content (AvgIpc) is 3.00. The molecule has 0 aliphatic rings. The predicted molar refractivity (Wildman–Crippen MR) is 118 cm³/mol. The fraction of sp³-hybridized carbons (Fsp3) is 0.333. The van der Waals surface area contributed by atoms with Crippen molar-refractivity contribution in [2.45, 2.75) is 40.2 Å². The lowest BCUT2D eigenvalue weighted by atomic mass is 10.0. The molecule has 0 fully saturated rings. The Kier molecular flexibility index (Phi) is 4.92. The van der Waals surface area contributed by atoms with E-state index in [-0.39, 0.29) is 22.5 Å². The van der Waals surface area contributed by atoms with Crippen molar-refractivity contribution in [3.05, 3.63) is 56.1 Å². The summed E-state index contributed by atoms with van der Waals surface area (Å²) in [4.78, 5) is 49.3. The van der Waals surface area contributed by atoms with E-state index in [4.69, 9.17) is 0 Å². The minimum atomic E-state index is -0.644. The number of hydrogen-bond donors (Lipinski definition) is 2. The molecule has 0 atom stereocenters. The Morgan fingerprint density at radius 2 is 1.97 bits per heavy atom. The van der Waals surface area contributed by atoms with Gasteiger partial charge in [0.1, 0.15) is 0 Å². The van der Waals surface area contributed by atoms with Crippen LogP contribution in [0.1, 0.15) is 48.4 Å². The molecule has 31 heavy (non-hydrogen) atoms. The Hall–Kier alpha value is -3.82. The number of nitrogens with one attached hydrogen (secondary N) is 2. The fourth-order valence-corrected chi connectivity index (χ4v) is 3.64. The number of nitrogens with zero attached hydrogens (tertiary/aromatic N) is 5. The number of rotatable bonds is 4. The van der Waals surface area contributed by atoms with E-state index in [1.165, 1.54) is 4.57 Å². The van der Waals surface area contributed by atoms with Gasteiger partial charge in [-0.3, -0.25) is 23.8 Å². The molecule has 0 bridgehead atoms. The molecule has 0 radical (unpaired) electrons. The Bertz CT molecular complexity index is 1460. The van der Waals surface area contributed by atoms with Gasteiger partial charge in [0, 0.05) is 24.7 Å². The Morgan fingerprint density at radius 3 is 2.65 bits per heavy atom. The van der Waals surface area contributed by atoms with E-state index in [0.717, 1.165) is 11.1 Å². The molecule has 4 aromatic heterocycles. The van der Waals surface area contributed by atoms with E-state index in [1.54, 1.807) is 37.0 Å². The number of pyridine rings is 2. The van der Waals surface area contributed by atoms with Crippen molar-refractivity contribution >= 4 is 33.7 Å². The van der Waals surface area contributed by atoms with Gasteiger partial charge in [0.2, 0.25) is 0 Å². The Labute approximate surface area is 177 Å². The first-order valence-electron chi connectivity index (χ1n) is 9.99. The van der Waals surface area contributed by atoms with Crippen LogP contribution in [-0.4, -0.2) is 35.2 Å². The van der Waals surface area contributed by atoms with Crippen molar-refractivity contribution < 1.29 is 4.79 Å². The lowest BCUT2D eigenvalue weighted by Gasteiger charge is -2.14. The normalized spacial score (nSPS) is 11.5. The van der Waals surface area contributed by atoms with E-state index in [9.17, 15) is 14.4 Å². The summed E-state index contributed by atoms with van der Waals surface area (Å²) < 4.78 is 3.02. The van der Waals surface area contributed by atoms with Crippen LogP contribution >= 0.6 is 0 Å². The summed E-state index contributed by atoms with van der Waals surface area (Å²) in [5.74, 6) is -0.490. The zero-order valence-electron chi connectivity index (χ0n) is 18.0. The molecule has 0 saturated carbocycles. The Balaban J connectivity index is 1.88. The molecular formula is C21H23N7O3. The zero-order chi connectivity index (χ0) is 22.4. The number of aromatic amines is 1. The SMILES string of the molecule is CCn1c(=O)[nH]c(=O)c2c(C(=O)Nc3cnc4c(c3)c(C)nn4C)cc(C(C)C)nc21. The summed E-state index contributed by atoms with van der Waals surface area (Å²) in [5, 5.41) is 8.05. The predicted octanol–water partition coefficient (Wildman–Crippen LogP) is 2.07. The van der Waals surface area contributed by atoms with Gasteiger partial charge in [0.15, 0.2) is 11.3 Å². The maximum atomic E-state index is 13.2. The largest absolute Gasteiger partial charge is 0.329 e. The second-order valence-corrected chi connectivity index (χ2v) is 7.71.